The summed E-state index contributed by atoms with van der Waals surface area (Å²) in [6.07, 6.45) is 0.193. The molecule has 21 heavy (non-hydrogen) atoms. The van der Waals surface area contributed by atoms with E-state index in [4.69, 9.17) is 10.00 Å². The van der Waals surface area contributed by atoms with Gasteiger partial charge in [0.25, 0.3) is 5.91 Å². The molecule has 0 radical (unpaired) electrons. The van der Waals surface area contributed by atoms with Crippen LogP contribution in [-0.2, 0) is 9.59 Å². The number of anilines is 1. The summed E-state index contributed by atoms with van der Waals surface area (Å²) in [6.45, 7) is 2.35. The fourth-order valence-electron chi connectivity index (χ4n) is 2.01. The van der Waals surface area contributed by atoms with Gasteiger partial charge in [0.2, 0.25) is 5.91 Å². The standard InChI is InChI=1S/C15H17N3O3/c1-11(8-16)9-17-14(19)6-7-18-12-4-2-3-5-13(12)21-10-15(18)20/h2-5,11H,6-7,9-10H2,1H3,(H,17,19). The van der Waals surface area contributed by atoms with Crippen molar-refractivity contribution < 1.29 is 14.3 Å². The highest BCUT2D eigenvalue weighted by Crippen LogP contribution is 2.31. The van der Waals surface area contributed by atoms with Gasteiger partial charge in [0.15, 0.2) is 6.61 Å². The number of para-hydroxylation sites is 2. The first-order chi connectivity index (χ1) is 10.1. The zero-order chi connectivity index (χ0) is 15.2. The van der Waals surface area contributed by atoms with Crippen molar-refractivity contribution >= 4 is 17.5 Å². The second-order valence-electron chi connectivity index (χ2n) is 4.89. The van der Waals surface area contributed by atoms with Gasteiger partial charge in [-0.25, -0.2) is 0 Å². The highest BCUT2D eigenvalue weighted by Gasteiger charge is 2.25. The predicted octanol–water partition coefficient (Wildman–Crippen LogP) is 1.08. The molecule has 110 valence electrons. The lowest BCUT2D eigenvalue weighted by molar-refractivity contribution is -0.122. The Bertz CT molecular complexity index is 580. The van der Waals surface area contributed by atoms with Crippen LogP contribution in [0.2, 0.25) is 0 Å². The zero-order valence-electron chi connectivity index (χ0n) is 11.8. The van der Waals surface area contributed by atoms with Gasteiger partial charge in [-0.15, -0.1) is 0 Å². The van der Waals surface area contributed by atoms with Crippen molar-refractivity contribution in [2.24, 2.45) is 5.92 Å². The summed E-state index contributed by atoms with van der Waals surface area (Å²) in [4.78, 5) is 25.2. The maximum atomic E-state index is 11.9. The molecule has 1 aromatic carbocycles. The molecule has 1 aromatic rings. The van der Waals surface area contributed by atoms with Crippen LogP contribution in [0.15, 0.2) is 24.3 Å². The minimum absolute atomic E-state index is 0.00982. The molecule has 0 fully saturated rings. The van der Waals surface area contributed by atoms with Crippen molar-refractivity contribution in [1.29, 1.82) is 5.26 Å². The molecule has 0 saturated heterocycles. The van der Waals surface area contributed by atoms with Gasteiger partial charge in [-0.1, -0.05) is 12.1 Å². The van der Waals surface area contributed by atoms with Gasteiger partial charge in [0, 0.05) is 19.5 Å². The van der Waals surface area contributed by atoms with E-state index in [1.165, 1.54) is 0 Å². The van der Waals surface area contributed by atoms with Gasteiger partial charge in [-0.3, -0.25) is 9.59 Å². The number of carbonyl (C=O) groups is 2. The third-order valence-electron chi connectivity index (χ3n) is 3.20. The second kappa shape index (κ2) is 6.75. The molecule has 1 heterocycles. The number of nitrogens with one attached hydrogen (secondary N) is 1. The first-order valence-electron chi connectivity index (χ1n) is 6.80. The van der Waals surface area contributed by atoms with Crippen molar-refractivity contribution in [1.82, 2.24) is 5.32 Å². The monoisotopic (exact) mass is 287 g/mol. The topological polar surface area (TPSA) is 82.4 Å². The Morgan fingerprint density at radius 3 is 3.05 bits per heavy atom. The molecule has 2 rings (SSSR count). The van der Waals surface area contributed by atoms with Crippen molar-refractivity contribution in [3.05, 3.63) is 24.3 Å². The highest BCUT2D eigenvalue weighted by atomic mass is 16.5. The minimum atomic E-state index is -0.223. The van der Waals surface area contributed by atoms with Crippen LogP contribution < -0.4 is 15.0 Å². The largest absolute Gasteiger partial charge is 0.482 e. The molecule has 0 aliphatic carbocycles. The lowest BCUT2D eigenvalue weighted by Gasteiger charge is -2.29. The summed E-state index contributed by atoms with van der Waals surface area (Å²) in [6, 6.07) is 9.30. The normalized spacial score (nSPS) is 14.7. The van der Waals surface area contributed by atoms with Crippen LogP contribution in [0.5, 0.6) is 5.75 Å². The number of fused-ring (bicyclic) bond motifs is 1. The Hall–Kier alpha value is -2.55. The molecular formula is C15H17N3O3. The summed E-state index contributed by atoms with van der Waals surface area (Å²) in [5.41, 5.74) is 0.687. The Balaban J connectivity index is 1.92. The fourth-order valence-corrected chi connectivity index (χ4v) is 2.01. The summed E-state index contributed by atoms with van der Waals surface area (Å²) >= 11 is 0. The quantitative estimate of drug-likeness (QED) is 0.878. The average Bonchev–Trinajstić information content (AvgIpc) is 2.51. The maximum absolute atomic E-state index is 11.9. The van der Waals surface area contributed by atoms with Gasteiger partial charge < -0.3 is 15.0 Å². The van der Waals surface area contributed by atoms with Gasteiger partial charge in [-0.05, 0) is 19.1 Å². The van der Waals surface area contributed by atoms with Crippen LogP contribution in [0, 0.1) is 17.2 Å². The van der Waals surface area contributed by atoms with E-state index in [1.54, 1.807) is 24.0 Å². The van der Waals surface area contributed by atoms with E-state index in [2.05, 4.69) is 11.4 Å². The van der Waals surface area contributed by atoms with E-state index in [1.807, 2.05) is 12.1 Å². The van der Waals surface area contributed by atoms with Crippen LogP contribution in [0.4, 0.5) is 5.69 Å². The third-order valence-corrected chi connectivity index (χ3v) is 3.20. The first kappa shape index (κ1) is 14.9. The Morgan fingerprint density at radius 2 is 2.29 bits per heavy atom. The number of hydrogen-bond acceptors (Lipinski definition) is 4. The predicted molar refractivity (Wildman–Crippen MR) is 76.7 cm³/mol. The number of nitriles is 1. The summed E-state index contributed by atoms with van der Waals surface area (Å²) in [5.74, 6) is 0.0936. The number of amides is 2. The minimum Gasteiger partial charge on any atom is -0.482 e. The molecule has 6 nitrogen and oxygen atoms in total. The van der Waals surface area contributed by atoms with Crippen LogP contribution in [0.1, 0.15) is 13.3 Å². The molecule has 1 N–H and O–H groups in total. The summed E-state index contributed by atoms with van der Waals surface area (Å²) in [7, 11) is 0. The molecule has 0 spiro atoms. The molecule has 6 heteroatoms. The highest BCUT2D eigenvalue weighted by molar-refractivity contribution is 5.98. The van der Waals surface area contributed by atoms with Crippen molar-refractivity contribution in [3.8, 4) is 11.8 Å². The number of hydrogen-bond donors (Lipinski definition) is 1. The van der Waals surface area contributed by atoms with Crippen molar-refractivity contribution in [2.75, 3.05) is 24.6 Å². The van der Waals surface area contributed by atoms with Crippen LogP contribution >= 0.6 is 0 Å². The number of rotatable bonds is 5. The number of benzene rings is 1. The third kappa shape index (κ3) is 3.72. The van der Waals surface area contributed by atoms with Gasteiger partial charge in [0.05, 0.1) is 17.7 Å². The van der Waals surface area contributed by atoms with Crippen LogP contribution in [0.3, 0.4) is 0 Å². The Morgan fingerprint density at radius 1 is 1.52 bits per heavy atom. The summed E-state index contributed by atoms with van der Waals surface area (Å²) < 4.78 is 5.34. The van der Waals surface area contributed by atoms with Crippen LogP contribution in [0.25, 0.3) is 0 Å². The molecule has 1 atom stereocenters. The molecule has 0 saturated carbocycles. The lowest BCUT2D eigenvalue weighted by Crippen LogP contribution is -2.41. The number of nitrogens with zero attached hydrogens (tertiary/aromatic N) is 2. The second-order valence-corrected chi connectivity index (χ2v) is 4.89. The molecular weight excluding hydrogens is 270 g/mol. The van der Waals surface area contributed by atoms with Crippen molar-refractivity contribution in [3.63, 3.8) is 0 Å². The van der Waals surface area contributed by atoms with Crippen molar-refractivity contribution in [2.45, 2.75) is 13.3 Å². The lowest BCUT2D eigenvalue weighted by atomic mass is 10.2. The maximum Gasteiger partial charge on any atom is 0.265 e. The molecule has 1 aliphatic rings. The molecule has 1 aliphatic heterocycles. The first-order valence-corrected chi connectivity index (χ1v) is 6.80. The van der Waals surface area contributed by atoms with Gasteiger partial charge in [-0.2, -0.15) is 5.26 Å². The Kier molecular flexibility index (Phi) is 4.77. The smallest absolute Gasteiger partial charge is 0.265 e. The number of carbonyl (C=O) groups excluding carboxylic acids is 2. The van der Waals surface area contributed by atoms with Crippen LogP contribution in [-0.4, -0.2) is 31.5 Å². The molecule has 1 unspecified atom stereocenters. The van der Waals surface area contributed by atoms with Gasteiger partial charge >= 0.3 is 0 Å². The van der Waals surface area contributed by atoms with E-state index in [0.29, 0.717) is 24.5 Å². The fraction of sp³-hybridized carbons (Fsp3) is 0.400. The van der Waals surface area contributed by atoms with E-state index < -0.39 is 0 Å². The Labute approximate surface area is 123 Å². The molecule has 0 bridgehead atoms. The number of ether oxygens (including phenoxy) is 1. The zero-order valence-corrected chi connectivity index (χ0v) is 11.8. The summed E-state index contributed by atoms with van der Waals surface area (Å²) in [5, 5.41) is 11.3. The SMILES string of the molecule is CC(C#N)CNC(=O)CCN1C(=O)COc2ccccc21. The molecule has 2 amide bonds. The van der Waals surface area contributed by atoms with E-state index in [9.17, 15) is 9.59 Å². The molecule has 0 aromatic heterocycles. The van der Waals surface area contributed by atoms with E-state index in [0.717, 1.165) is 0 Å². The van der Waals surface area contributed by atoms with E-state index >= 15 is 0 Å². The van der Waals surface area contributed by atoms with E-state index in [-0.39, 0.29) is 30.8 Å². The van der Waals surface area contributed by atoms with Gasteiger partial charge in [0.1, 0.15) is 5.75 Å². The average molecular weight is 287 g/mol.